The third-order valence-corrected chi connectivity index (χ3v) is 5.07. The second kappa shape index (κ2) is 11.3. The van der Waals surface area contributed by atoms with Gasteiger partial charge in [-0.05, 0) is 51.3 Å². The van der Waals surface area contributed by atoms with Crippen LogP contribution in [0.4, 0.5) is 0 Å². The molecule has 7 nitrogen and oxygen atoms in total. The zero-order valence-corrected chi connectivity index (χ0v) is 18.6. The van der Waals surface area contributed by atoms with Crippen molar-refractivity contribution in [3.63, 3.8) is 0 Å². The van der Waals surface area contributed by atoms with Crippen molar-refractivity contribution in [2.45, 2.75) is 45.4 Å². The summed E-state index contributed by atoms with van der Waals surface area (Å²) in [5.41, 5.74) is 6.93. The molecule has 2 rings (SSSR count). The molecule has 30 heavy (non-hydrogen) atoms. The van der Waals surface area contributed by atoms with Crippen molar-refractivity contribution in [2.75, 3.05) is 13.2 Å². The zero-order valence-electron chi connectivity index (χ0n) is 17.0. The van der Waals surface area contributed by atoms with Gasteiger partial charge in [0.15, 0.2) is 0 Å². The average molecular weight is 474 g/mol. The maximum atomic E-state index is 12.7. The number of benzene rings is 1. The molecule has 1 atom stereocenters. The molecule has 0 saturated heterocycles. The van der Waals surface area contributed by atoms with E-state index in [0.717, 1.165) is 23.7 Å². The lowest BCUT2D eigenvalue weighted by atomic mass is 9.82. The summed E-state index contributed by atoms with van der Waals surface area (Å²) in [5.74, 6) is -0.551. The second-order valence-electron chi connectivity index (χ2n) is 6.61. The Bertz CT molecular complexity index is 941. The van der Waals surface area contributed by atoms with Gasteiger partial charge in [-0.15, -0.1) is 0 Å². The highest BCUT2D eigenvalue weighted by molar-refractivity contribution is 9.10. The number of nitrogens with two attached hydrogens (primary N) is 1. The van der Waals surface area contributed by atoms with Crippen molar-refractivity contribution in [1.29, 1.82) is 10.5 Å². The Morgan fingerprint density at radius 2 is 2.07 bits per heavy atom. The number of esters is 1. The molecule has 158 valence electrons. The summed E-state index contributed by atoms with van der Waals surface area (Å²) in [6.07, 6.45) is 3.00. The minimum absolute atomic E-state index is 0.0459. The van der Waals surface area contributed by atoms with Gasteiger partial charge in [-0.25, -0.2) is 4.79 Å². The smallest absolute Gasteiger partial charge is 0.338 e. The molecular weight excluding hydrogens is 450 g/mol. The number of carbonyl (C=O) groups is 1. The molecule has 0 saturated carbocycles. The third-order valence-electron chi connectivity index (χ3n) is 4.57. The Morgan fingerprint density at radius 3 is 2.73 bits per heavy atom. The molecule has 0 amide bonds. The van der Waals surface area contributed by atoms with Gasteiger partial charge in [-0.1, -0.05) is 15.9 Å². The molecule has 8 heteroatoms. The largest absolute Gasteiger partial charge is 0.493 e. The van der Waals surface area contributed by atoms with Crippen molar-refractivity contribution < 1.29 is 19.0 Å². The average Bonchev–Trinajstić information content (AvgIpc) is 2.71. The number of ether oxygens (including phenoxy) is 3. The quantitative estimate of drug-likeness (QED) is 0.412. The van der Waals surface area contributed by atoms with Crippen molar-refractivity contribution in [2.24, 2.45) is 5.73 Å². The topological polar surface area (TPSA) is 118 Å². The number of hydrogen-bond acceptors (Lipinski definition) is 7. The van der Waals surface area contributed by atoms with Gasteiger partial charge in [0, 0.05) is 16.5 Å². The van der Waals surface area contributed by atoms with Crippen LogP contribution >= 0.6 is 15.9 Å². The molecule has 1 unspecified atom stereocenters. The Kier molecular flexibility index (Phi) is 8.76. The van der Waals surface area contributed by atoms with Crippen molar-refractivity contribution in [1.82, 2.24) is 0 Å². The normalized spacial score (nSPS) is 15.8. The van der Waals surface area contributed by atoms with Gasteiger partial charge in [0.05, 0.1) is 30.8 Å². The van der Waals surface area contributed by atoms with E-state index in [2.05, 4.69) is 28.1 Å². The first-order valence-electron chi connectivity index (χ1n) is 9.69. The van der Waals surface area contributed by atoms with Crippen LogP contribution < -0.4 is 10.5 Å². The SMILES string of the molecule is CCOC(=O)C1=C(C)OC(N)=C(C#N)C1c1cc(Br)ccc1OCCCCCC#N. The first kappa shape index (κ1) is 23.3. The number of nitriles is 2. The highest BCUT2D eigenvalue weighted by atomic mass is 79.9. The Morgan fingerprint density at radius 1 is 1.30 bits per heavy atom. The van der Waals surface area contributed by atoms with E-state index in [-0.39, 0.29) is 29.4 Å². The molecule has 0 aromatic heterocycles. The van der Waals surface area contributed by atoms with Crippen LogP contribution in [-0.2, 0) is 14.3 Å². The molecule has 1 aliphatic rings. The monoisotopic (exact) mass is 473 g/mol. The van der Waals surface area contributed by atoms with Crippen LogP contribution in [0.3, 0.4) is 0 Å². The highest BCUT2D eigenvalue weighted by Crippen LogP contribution is 2.43. The Labute approximate surface area is 184 Å². The zero-order chi connectivity index (χ0) is 22.1. The van der Waals surface area contributed by atoms with Crippen molar-refractivity contribution >= 4 is 21.9 Å². The summed E-state index contributed by atoms with van der Waals surface area (Å²) in [6.45, 7) is 3.96. The number of allylic oxidation sites excluding steroid dienone is 2. The molecule has 1 heterocycles. The molecule has 1 aromatic carbocycles. The van der Waals surface area contributed by atoms with Gasteiger partial charge < -0.3 is 19.9 Å². The van der Waals surface area contributed by atoms with Gasteiger partial charge in [-0.3, -0.25) is 0 Å². The van der Waals surface area contributed by atoms with E-state index in [4.69, 9.17) is 25.2 Å². The van der Waals surface area contributed by atoms with E-state index >= 15 is 0 Å². The second-order valence-corrected chi connectivity index (χ2v) is 7.53. The molecule has 0 fully saturated rings. The molecule has 0 aliphatic carbocycles. The Balaban J connectivity index is 2.43. The summed E-state index contributed by atoms with van der Waals surface area (Å²) >= 11 is 3.45. The Hall–Kier alpha value is -2.97. The predicted octanol–water partition coefficient (Wildman–Crippen LogP) is 4.56. The van der Waals surface area contributed by atoms with E-state index in [1.807, 2.05) is 6.07 Å². The fourth-order valence-corrected chi connectivity index (χ4v) is 3.59. The maximum absolute atomic E-state index is 12.7. The van der Waals surface area contributed by atoms with E-state index < -0.39 is 11.9 Å². The predicted molar refractivity (Wildman–Crippen MR) is 114 cm³/mol. The molecule has 0 bridgehead atoms. The van der Waals surface area contributed by atoms with E-state index in [1.165, 1.54) is 0 Å². The molecule has 1 aromatic rings. The van der Waals surface area contributed by atoms with E-state index in [9.17, 15) is 10.1 Å². The highest BCUT2D eigenvalue weighted by Gasteiger charge is 2.38. The van der Waals surface area contributed by atoms with Gasteiger partial charge in [0.1, 0.15) is 23.2 Å². The summed E-state index contributed by atoms with van der Waals surface area (Å²) in [5, 5.41) is 18.4. The first-order valence-corrected chi connectivity index (χ1v) is 10.5. The van der Waals surface area contributed by atoms with Crippen LogP contribution in [0.1, 0.15) is 51.0 Å². The van der Waals surface area contributed by atoms with Crippen molar-refractivity contribution in [3.8, 4) is 17.9 Å². The first-order chi connectivity index (χ1) is 14.4. The van der Waals surface area contributed by atoms with E-state index in [1.54, 1.807) is 26.0 Å². The summed E-state index contributed by atoms with van der Waals surface area (Å²) in [4.78, 5) is 12.7. The number of hydrogen-bond donors (Lipinski definition) is 1. The fraction of sp³-hybridized carbons (Fsp3) is 0.409. The summed E-state index contributed by atoms with van der Waals surface area (Å²) < 4.78 is 17.4. The lowest BCUT2D eigenvalue weighted by Crippen LogP contribution is -2.26. The van der Waals surface area contributed by atoms with Gasteiger partial charge >= 0.3 is 5.97 Å². The van der Waals surface area contributed by atoms with Crippen LogP contribution in [0.15, 0.2) is 45.5 Å². The standard InChI is InChI=1S/C22H24BrN3O4/c1-3-28-22(27)19-14(2)30-21(26)17(13-25)20(19)16-12-15(23)8-9-18(16)29-11-7-5-4-6-10-24/h8-9,12,20H,3-7,11,26H2,1-2H3. The lowest BCUT2D eigenvalue weighted by Gasteiger charge is -2.28. The van der Waals surface area contributed by atoms with Crippen LogP contribution in [0, 0.1) is 22.7 Å². The van der Waals surface area contributed by atoms with Crippen LogP contribution in [0.2, 0.25) is 0 Å². The third kappa shape index (κ3) is 5.55. The van der Waals surface area contributed by atoms with Crippen LogP contribution in [-0.4, -0.2) is 19.2 Å². The molecule has 0 spiro atoms. The minimum Gasteiger partial charge on any atom is -0.493 e. The molecule has 2 N–H and O–H groups in total. The molecule has 0 radical (unpaired) electrons. The fourth-order valence-electron chi connectivity index (χ4n) is 3.21. The van der Waals surface area contributed by atoms with Gasteiger partial charge in [0.25, 0.3) is 0 Å². The lowest BCUT2D eigenvalue weighted by molar-refractivity contribution is -0.139. The van der Waals surface area contributed by atoms with Crippen molar-refractivity contribution in [3.05, 3.63) is 51.0 Å². The van der Waals surface area contributed by atoms with Gasteiger partial charge in [-0.2, -0.15) is 10.5 Å². The maximum Gasteiger partial charge on any atom is 0.338 e. The molecular formula is C22H24BrN3O4. The number of carbonyl (C=O) groups excluding carboxylic acids is 1. The van der Waals surface area contributed by atoms with Gasteiger partial charge in [0.2, 0.25) is 5.88 Å². The number of nitrogens with zero attached hydrogens (tertiary/aromatic N) is 2. The van der Waals surface area contributed by atoms with Crippen LogP contribution in [0.5, 0.6) is 5.75 Å². The van der Waals surface area contributed by atoms with E-state index in [0.29, 0.717) is 24.3 Å². The minimum atomic E-state index is -0.770. The summed E-state index contributed by atoms with van der Waals surface area (Å²) in [6, 6.07) is 9.61. The number of halogens is 1. The molecule has 1 aliphatic heterocycles. The number of rotatable bonds is 9. The number of unbranched alkanes of at least 4 members (excludes halogenated alkanes) is 3. The van der Waals surface area contributed by atoms with Crippen LogP contribution in [0.25, 0.3) is 0 Å². The summed E-state index contributed by atoms with van der Waals surface area (Å²) in [7, 11) is 0.